The monoisotopic (exact) mass is 272 g/mol. The van der Waals surface area contributed by atoms with Crippen molar-refractivity contribution in [2.24, 2.45) is 5.41 Å². The zero-order valence-electron chi connectivity index (χ0n) is 12.6. The lowest BCUT2D eigenvalue weighted by Gasteiger charge is -2.09. The van der Waals surface area contributed by atoms with Crippen LogP contribution < -0.4 is 0 Å². The van der Waals surface area contributed by atoms with E-state index in [9.17, 15) is 4.79 Å². The molecule has 0 radical (unpaired) electrons. The molecular formula is C18H24O2. The van der Waals surface area contributed by atoms with E-state index in [1.54, 1.807) is 0 Å². The van der Waals surface area contributed by atoms with E-state index in [1.807, 2.05) is 48.6 Å². The van der Waals surface area contributed by atoms with Crippen molar-refractivity contribution >= 4 is 5.97 Å². The minimum Gasteiger partial charge on any atom is -0.465 e. The van der Waals surface area contributed by atoms with Crippen molar-refractivity contribution in [2.75, 3.05) is 6.61 Å². The van der Waals surface area contributed by atoms with E-state index in [1.165, 1.54) is 0 Å². The van der Waals surface area contributed by atoms with E-state index in [2.05, 4.69) is 26.8 Å². The molecule has 0 N–H and O–H groups in total. The van der Waals surface area contributed by atoms with Gasteiger partial charge in [0.15, 0.2) is 0 Å². The Morgan fingerprint density at radius 1 is 1.15 bits per heavy atom. The lowest BCUT2D eigenvalue weighted by Crippen LogP contribution is -2.08. The van der Waals surface area contributed by atoms with Crippen LogP contribution in [0.15, 0.2) is 54.6 Å². The molecule has 0 aliphatic rings. The van der Waals surface area contributed by atoms with Crippen LogP contribution in [0.2, 0.25) is 0 Å². The first-order valence-corrected chi connectivity index (χ1v) is 7.01. The summed E-state index contributed by atoms with van der Waals surface area (Å²) < 4.78 is 5.18. The molecule has 0 saturated heterocycles. The van der Waals surface area contributed by atoms with Crippen LogP contribution in [-0.4, -0.2) is 12.6 Å². The first kappa shape index (κ1) is 16.2. The highest BCUT2D eigenvalue weighted by atomic mass is 16.5. The van der Waals surface area contributed by atoms with Crippen molar-refractivity contribution < 1.29 is 9.53 Å². The Morgan fingerprint density at radius 3 is 2.50 bits per heavy atom. The number of ether oxygens (including phenoxy) is 1. The van der Waals surface area contributed by atoms with Gasteiger partial charge in [-0.15, -0.1) is 0 Å². The minimum atomic E-state index is -0.171. The van der Waals surface area contributed by atoms with Crippen LogP contribution in [0.3, 0.4) is 0 Å². The van der Waals surface area contributed by atoms with Gasteiger partial charge in [-0.25, -0.2) is 0 Å². The average Bonchev–Trinajstić information content (AvgIpc) is 2.37. The van der Waals surface area contributed by atoms with Crippen LogP contribution in [0, 0.1) is 5.41 Å². The van der Waals surface area contributed by atoms with Gasteiger partial charge in [-0.05, 0) is 17.4 Å². The second kappa shape index (κ2) is 8.36. The molecule has 0 fully saturated rings. The third-order valence-electron chi connectivity index (χ3n) is 2.58. The van der Waals surface area contributed by atoms with E-state index < -0.39 is 0 Å². The smallest absolute Gasteiger partial charge is 0.310 e. The van der Waals surface area contributed by atoms with Crippen LogP contribution in [0.5, 0.6) is 0 Å². The zero-order chi connectivity index (χ0) is 14.8. The Labute approximate surface area is 122 Å². The molecule has 0 atom stereocenters. The first-order chi connectivity index (χ1) is 9.47. The Morgan fingerprint density at radius 2 is 1.85 bits per heavy atom. The van der Waals surface area contributed by atoms with Gasteiger partial charge in [0.05, 0.1) is 13.0 Å². The summed E-state index contributed by atoms with van der Waals surface area (Å²) in [6.07, 6.45) is 9.27. The molecule has 1 aromatic carbocycles. The summed E-state index contributed by atoms with van der Waals surface area (Å²) >= 11 is 0. The summed E-state index contributed by atoms with van der Waals surface area (Å²) in [6, 6.07) is 9.64. The predicted octanol–water partition coefficient (Wildman–Crippen LogP) is 4.32. The molecule has 0 aliphatic heterocycles. The van der Waals surface area contributed by atoms with Crippen molar-refractivity contribution in [3.8, 4) is 0 Å². The lowest BCUT2D eigenvalue weighted by atomic mass is 9.96. The van der Waals surface area contributed by atoms with Crippen molar-refractivity contribution in [1.82, 2.24) is 0 Å². The van der Waals surface area contributed by atoms with Crippen LogP contribution in [0.25, 0.3) is 0 Å². The predicted molar refractivity (Wildman–Crippen MR) is 83.5 cm³/mol. The average molecular weight is 272 g/mol. The number of allylic oxidation sites excluding steroid dienone is 3. The molecule has 0 unspecified atom stereocenters. The first-order valence-electron chi connectivity index (χ1n) is 7.01. The Kier molecular flexibility index (Phi) is 6.78. The van der Waals surface area contributed by atoms with Crippen LogP contribution in [0.4, 0.5) is 0 Å². The molecule has 0 amide bonds. The fraction of sp³-hybridized carbons (Fsp3) is 0.389. The van der Waals surface area contributed by atoms with Gasteiger partial charge in [0.2, 0.25) is 0 Å². The second-order valence-electron chi connectivity index (χ2n) is 5.82. The fourth-order valence-electron chi connectivity index (χ4n) is 1.57. The van der Waals surface area contributed by atoms with Gasteiger partial charge in [0.25, 0.3) is 0 Å². The fourth-order valence-corrected chi connectivity index (χ4v) is 1.57. The molecule has 1 rings (SSSR count). The molecule has 2 heteroatoms. The van der Waals surface area contributed by atoms with Crippen molar-refractivity contribution in [1.29, 1.82) is 0 Å². The molecule has 0 heterocycles. The highest BCUT2D eigenvalue weighted by molar-refractivity contribution is 5.72. The van der Waals surface area contributed by atoms with Gasteiger partial charge in [-0.2, -0.15) is 0 Å². The summed E-state index contributed by atoms with van der Waals surface area (Å²) in [5.74, 6) is -0.171. The van der Waals surface area contributed by atoms with Gasteiger partial charge < -0.3 is 4.74 Å². The third kappa shape index (κ3) is 8.30. The SMILES string of the molecule is CC(C)(C)/C=C/C=C/CCOC(=O)Cc1ccccc1. The number of hydrogen-bond donors (Lipinski definition) is 0. The molecule has 2 nitrogen and oxygen atoms in total. The largest absolute Gasteiger partial charge is 0.465 e. The topological polar surface area (TPSA) is 26.3 Å². The van der Waals surface area contributed by atoms with Crippen LogP contribution in [0.1, 0.15) is 32.8 Å². The summed E-state index contributed by atoms with van der Waals surface area (Å²) in [5, 5.41) is 0. The van der Waals surface area contributed by atoms with Crippen LogP contribution in [-0.2, 0) is 16.0 Å². The van der Waals surface area contributed by atoms with Crippen molar-refractivity contribution in [3.05, 3.63) is 60.2 Å². The zero-order valence-corrected chi connectivity index (χ0v) is 12.6. The molecule has 0 aliphatic carbocycles. The van der Waals surface area contributed by atoms with Gasteiger partial charge in [0.1, 0.15) is 0 Å². The number of hydrogen-bond acceptors (Lipinski definition) is 2. The second-order valence-corrected chi connectivity index (χ2v) is 5.82. The normalized spacial score (nSPS) is 12.2. The molecule has 0 aromatic heterocycles. The standard InChI is InChI=1S/C18H24O2/c1-18(2,3)13-9-4-5-10-14-20-17(19)15-16-11-7-6-8-12-16/h4-9,11-13H,10,14-15H2,1-3H3/b5-4+,13-9+. The lowest BCUT2D eigenvalue weighted by molar-refractivity contribution is -0.142. The molecule has 0 bridgehead atoms. The minimum absolute atomic E-state index is 0.171. The van der Waals surface area contributed by atoms with E-state index in [-0.39, 0.29) is 11.4 Å². The molecule has 0 spiro atoms. The molecule has 108 valence electrons. The molecule has 1 aromatic rings. The van der Waals surface area contributed by atoms with Gasteiger partial charge in [-0.3, -0.25) is 4.79 Å². The number of benzene rings is 1. The number of rotatable bonds is 6. The highest BCUT2D eigenvalue weighted by Gasteiger charge is 2.03. The summed E-state index contributed by atoms with van der Waals surface area (Å²) in [6.45, 7) is 6.90. The quantitative estimate of drug-likeness (QED) is 0.438. The van der Waals surface area contributed by atoms with Crippen molar-refractivity contribution in [2.45, 2.75) is 33.6 Å². The summed E-state index contributed by atoms with van der Waals surface area (Å²) in [7, 11) is 0. The Bertz CT molecular complexity index is 450. The number of carbonyl (C=O) groups is 1. The molecule has 20 heavy (non-hydrogen) atoms. The molecule has 0 saturated carbocycles. The highest BCUT2D eigenvalue weighted by Crippen LogP contribution is 2.14. The maximum absolute atomic E-state index is 11.6. The number of esters is 1. The van der Waals surface area contributed by atoms with Gasteiger partial charge in [-0.1, -0.05) is 75.4 Å². The number of carbonyl (C=O) groups excluding carboxylic acids is 1. The maximum atomic E-state index is 11.6. The van der Waals surface area contributed by atoms with Gasteiger partial charge >= 0.3 is 5.97 Å². The van der Waals surface area contributed by atoms with Gasteiger partial charge in [0, 0.05) is 0 Å². The summed E-state index contributed by atoms with van der Waals surface area (Å²) in [4.78, 5) is 11.6. The van der Waals surface area contributed by atoms with E-state index >= 15 is 0 Å². The Balaban J connectivity index is 2.17. The van der Waals surface area contributed by atoms with E-state index in [0.29, 0.717) is 13.0 Å². The maximum Gasteiger partial charge on any atom is 0.310 e. The Hall–Kier alpha value is -1.83. The molecular weight excluding hydrogens is 248 g/mol. The van der Waals surface area contributed by atoms with E-state index in [0.717, 1.165) is 12.0 Å². The third-order valence-corrected chi connectivity index (χ3v) is 2.58. The van der Waals surface area contributed by atoms with Crippen LogP contribution >= 0.6 is 0 Å². The summed E-state index contributed by atoms with van der Waals surface area (Å²) in [5.41, 5.74) is 1.19. The van der Waals surface area contributed by atoms with E-state index in [4.69, 9.17) is 4.74 Å². The van der Waals surface area contributed by atoms with Crippen molar-refractivity contribution in [3.63, 3.8) is 0 Å².